The molecule has 0 fully saturated rings. The van der Waals surface area contributed by atoms with Crippen LogP contribution in [0.2, 0.25) is 20.1 Å². The highest BCUT2D eigenvalue weighted by atomic mass is 35.5. The molecule has 4 aromatic carbocycles. The zero-order valence-corrected chi connectivity index (χ0v) is 37.0. The first kappa shape index (κ1) is 47.3. The molecule has 0 aliphatic heterocycles. The van der Waals surface area contributed by atoms with Crippen molar-refractivity contribution in [1.82, 2.24) is 4.98 Å². The number of hydrogen-bond acceptors (Lipinski definition) is 8. The third kappa shape index (κ3) is 16.4. The molecule has 1 unspecified atom stereocenters. The third-order valence-electron chi connectivity index (χ3n) is 8.19. The average Bonchev–Trinajstić information content (AvgIpc) is 3.60. The summed E-state index contributed by atoms with van der Waals surface area (Å²) in [5.74, 6) is 0.768. The number of Topliss-reactive ketones (excluding diaryl/α,β-unsaturated/α-hetero) is 1. The normalized spacial score (nSPS) is 10.9. The largest absolute Gasteiger partial charge is 0.330 e. The summed E-state index contributed by atoms with van der Waals surface area (Å²) in [6, 6.07) is 35.2. The Bertz CT molecular complexity index is 2140. The molecule has 0 saturated carbocycles. The number of thiocyanates is 1. The number of benzene rings is 4. The van der Waals surface area contributed by atoms with Crippen LogP contribution in [-0.2, 0) is 19.4 Å². The predicted octanol–water partition coefficient (Wildman–Crippen LogP) is 14.2. The van der Waals surface area contributed by atoms with Gasteiger partial charge in [0.2, 0.25) is 0 Å². The summed E-state index contributed by atoms with van der Waals surface area (Å²) >= 11 is 26.7. The van der Waals surface area contributed by atoms with Gasteiger partial charge in [0, 0.05) is 29.0 Å². The van der Waals surface area contributed by atoms with E-state index < -0.39 is 0 Å². The minimum atomic E-state index is -0.354. The molecule has 0 aliphatic rings. The maximum absolute atomic E-state index is 12.3. The minimum Gasteiger partial charge on any atom is -0.330 e. The molecule has 6 nitrogen and oxygen atoms in total. The van der Waals surface area contributed by atoms with Crippen molar-refractivity contribution in [1.29, 1.82) is 15.8 Å². The monoisotopic (exact) mass is 875 g/mol. The fourth-order valence-corrected chi connectivity index (χ4v) is 8.23. The van der Waals surface area contributed by atoms with Crippen molar-refractivity contribution in [3.63, 3.8) is 0 Å². The second-order valence-corrected chi connectivity index (χ2v) is 17.5. The van der Waals surface area contributed by atoms with Crippen LogP contribution in [0.15, 0.2) is 97.1 Å². The standard InChI is InChI=1S/C22H21Cl2N3S.C13H13Cl2NOS.C10H11N/c1-15(2)12-20-21(17-8-9-18(23)19(24)13-17)26-22(28-20)27(11-10-25)14-16-6-4-3-5-7-16;1-8(2)5-12(18-7-16)13(17)9-3-4-10(14)11(15)6-9;11-9-5-4-8-10-6-2-1-3-7-10/h3-9,13,15H,11-12,14H2,1-2H3;3-4,6,8,12H,5H2,1-2H3;1-3,6-7H,4-5,8H2. The number of halogens is 4. The van der Waals surface area contributed by atoms with E-state index in [1.165, 1.54) is 10.4 Å². The van der Waals surface area contributed by atoms with E-state index in [9.17, 15) is 10.1 Å². The molecule has 5 aromatic rings. The Morgan fingerprint density at radius 2 is 1.39 bits per heavy atom. The van der Waals surface area contributed by atoms with Crippen LogP contribution in [0.4, 0.5) is 5.13 Å². The van der Waals surface area contributed by atoms with Crippen molar-refractivity contribution < 1.29 is 4.79 Å². The highest BCUT2D eigenvalue weighted by Crippen LogP contribution is 2.37. The third-order valence-corrected chi connectivity index (χ3v) is 11.6. The fraction of sp³-hybridized carbons (Fsp3) is 0.311. The lowest BCUT2D eigenvalue weighted by Gasteiger charge is -2.18. The zero-order valence-electron chi connectivity index (χ0n) is 32.4. The number of hydrogen-bond donors (Lipinski definition) is 0. The number of anilines is 1. The molecule has 1 aromatic heterocycles. The quantitative estimate of drug-likeness (QED) is 0.0446. The first-order chi connectivity index (χ1) is 27.4. The average molecular weight is 878 g/mol. The molecule has 0 bridgehead atoms. The number of nitriles is 3. The Balaban J connectivity index is 0.000000256. The summed E-state index contributed by atoms with van der Waals surface area (Å²) in [4.78, 5) is 20.4. The maximum Gasteiger partial charge on any atom is 0.187 e. The van der Waals surface area contributed by atoms with E-state index in [0.29, 0.717) is 56.9 Å². The smallest absolute Gasteiger partial charge is 0.187 e. The first-order valence-corrected chi connectivity index (χ1v) is 21.6. The molecule has 0 spiro atoms. The number of nitrogens with zero attached hydrogens (tertiary/aromatic N) is 5. The molecule has 0 amide bonds. The number of thiazole rings is 1. The number of carbonyl (C=O) groups excluding carboxylic acids is 1. The Hall–Kier alpha value is -4.04. The van der Waals surface area contributed by atoms with Gasteiger partial charge in [0.05, 0.1) is 43.2 Å². The molecule has 57 heavy (non-hydrogen) atoms. The van der Waals surface area contributed by atoms with E-state index in [1.54, 1.807) is 35.6 Å². The van der Waals surface area contributed by atoms with Gasteiger partial charge in [-0.15, -0.1) is 11.3 Å². The van der Waals surface area contributed by atoms with Crippen molar-refractivity contribution >= 4 is 80.4 Å². The van der Waals surface area contributed by atoms with Gasteiger partial charge in [0.1, 0.15) is 11.9 Å². The molecule has 12 heteroatoms. The molecule has 0 radical (unpaired) electrons. The Morgan fingerprint density at radius 1 is 0.772 bits per heavy atom. The Morgan fingerprint density at radius 3 is 1.93 bits per heavy atom. The second-order valence-electron chi connectivity index (χ2n) is 13.8. The topological polar surface area (TPSA) is 105 Å². The van der Waals surface area contributed by atoms with Crippen molar-refractivity contribution in [3.05, 3.63) is 139 Å². The molecule has 5 rings (SSSR count). The maximum atomic E-state index is 12.3. The predicted molar refractivity (Wildman–Crippen MR) is 241 cm³/mol. The molecule has 0 aliphatic carbocycles. The van der Waals surface area contributed by atoms with Crippen molar-refractivity contribution in [2.45, 2.75) is 71.6 Å². The van der Waals surface area contributed by atoms with Crippen LogP contribution in [0.5, 0.6) is 0 Å². The summed E-state index contributed by atoms with van der Waals surface area (Å²) in [5, 5.41) is 30.7. The van der Waals surface area contributed by atoms with Crippen LogP contribution in [0.1, 0.15) is 73.3 Å². The summed E-state index contributed by atoms with van der Waals surface area (Å²) < 4.78 is 0. The second kappa shape index (κ2) is 25.3. The van der Waals surface area contributed by atoms with E-state index in [0.717, 1.165) is 53.0 Å². The van der Waals surface area contributed by atoms with Crippen molar-refractivity contribution in [2.75, 3.05) is 11.4 Å². The van der Waals surface area contributed by atoms with E-state index in [1.807, 2.05) is 72.7 Å². The first-order valence-electron chi connectivity index (χ1n) is 18.4. The van der Waals surface area contributed by atoms with Crippen LogP contribution in [-0.4, -0.2) is 22.6 Å². The number of aryl methyl sites for hydroxylation is 1. The van der Waals surface area contributed by atoms with Crippen LogP contribution >= 0.6 is 69.5 Å². The van der Waals surface area contributed by atoms with Gasteiger partial charge in [-0.05, 0) is 90.7 Å². The molecule has 296 valence electrons. The van der Waals surface area contributed by atoms with Crippen LogP contribution in [0.25, 0.3) is 11.3 Å². The van der Waals surface area contributed by atoms with Gasteiger partial charge in [-0.3, -0.25) is 4.79 Å². The lowest BCUT2D eigenvalue weighted by atomic mass is 10.0. The molecule has 0 N–H and O–H groups in total. The van der Waals surface area contributed by atoms with Gasteiger partial charge in [0.15, 0.2) is 10.9 Å². The van der Waals surface area contributed by atoms with Crippen LogP contribution in [0.3, 0.4) is 0 Å². The fourth-order valence-electron chi connectivity index (χ4n) is 5.49. The van der Waals surface area contributed by atoms with E-state index in [2.05, 4.69) is 50.3 Å². The number of ketones is 1. The number of rotatable bonds is 15. The summed E-state index contributed by atoms with van der Waals surface area (Å²) in [7, 11) is 0. The number of unbranched alkanes of at least 4 members (excludes halogenated alkanes) is 1. The molecule has 0 saturated heterocycles. The minimum absolute atomic E-state index is 0.0752. The number of thioether (sulfide) groups is 1. The van der Waals surface area contributed by atoms with Gasteiger partial charge < -0.3 is 4.90 Å². The van der Waals surface area contributed by atoms with Gasteiger partial charge in [-0.25, -0.2) is 4.98 Å². The van der Waals surface area contributed by atoms with Gasteiger partial charge >= 0.3 is 0 Å². The number of aromatic nitrogens is 1. The van der Waals surface area contributed by atoms with E-state index in [4.69, 9.17) is 61.9 Å². The summed E-state index contributed by atoms with van der Waals surface area (Å²) in [5.41, 5.74) is 4.84. The van der Waals surface area contributed by atoms with Gasteiger partial charge in [-0.1, -0.05) is 141 Å². The van der Waals surface area contributed by atoms with Crippen LogP contribution in [0, 0.1) is 45.2 Å². The van der Waals surface area contributed by atoms with Gasteiger partial charge in [0.25, 0.3) is 0 Å². The molecular formula is C45H45Cl4N5OS2. The molecule has 1 heterocycles. The van der Waals surface area contributed by atoms with E-state index >= 15 is 0 Å². The SMILES string of the molecule is CC(C)CC(SC#N)C(=O)c1ccc(Cl)c(Cl)c1.CC(C)Cc1sc(N(CC#N)Cc2ccccc2)nc1-c1ccc(Cl)c(Cl)c1.N#CCCCc1ccccc1. The lowest BCUT2D eigenvalue weighted by molar-refractivity contribution is 0.0982. The van der Waals surface area contributed by atoms with E-state index in [-0.39, 0.29) is 17.6 Å². The lowest BCUT2D eigenvalue weighted by Crippen LogP contribution is -2.22. The van der Waals surface area contributed by atoms with Crippen LogP contribution < -0.4 is 4.90 Å². The zero-order chi connectivity index (χ0) is 41.7. The number of carbonyl (C=O) groups is 1. The Labute approximate surface area is 366 Å². The molecule has 1 atom stereocenters. The van der Waals surface area contributed by atoms with Crippen molar-refractivity contribution in [3.8, 4) is 28.8 Å². The highest BCUT2D eigenvalue weighted by Gasteiger charge is 2.23. The molecular weight excluding hydrogens is 832 g/mol. The summed E-state index contributed by atoms with van der Waals surface area (Å²) in [6.45, 7) is 9.35. The van der Waals surface area contributed by atoms with Crippen molar-refractivity contribution in [2.24, 2.45) is 11.8 Å². The Kier molecular flexibility index (Phi) is 21.1. The van der Waals surface area contributed by atoms with Gasteiger partial charge in [-0.2, -0.15) is 15.8 Å². The summed E-state index contributed by atoms with van der Waals surface area (Å²) in [6.07, 6.45) is 4.24. The highest BCUT2D eigenvalue weighted by molar-refractivity contribution is 8.05.